The molecule has 0 amide bonds. The Morgan fingerprint density at radius 1 is 1.00 bits per heavy atom. The molecule has 2 aromatic heterocycles. The highest BCUT2D eigenvalue weighted by molar-refractivity contribution is 5.66. The molecule has 0 aliphatic heterocycles. The Kier molecular flexibility index (Phi) is 6.89. The second-order valence-electron chi connectivity index (χ2n) is 6.97. The number of ether oxygens (including phenoxy) is 1. The molecule has 0 fully saturated rings. The molecule has 0 aliphatic carbocycles. The van der Waals surface area contributed by atoms with E-state index in [9.17, 15) is 4.39 Å². The normalized spacial score (nSPS) is 11.2. The van der Waals surface area contributed by atoms with Gasteiger partial charge in [0.05, 0.1) is 38.0 Å². The summed E-state index contributed by atoms with van der Waals surface area (Å²) in [6.45, 7) is 2.15. The molecule has 2 heterocycles. The van der Waals surface area contributed by atoms with Crippen molar-refractivity contribution in [3.05, 3.63) is 84.5 Å². The molecule has 0 saturated carbocycles. The van der Waals surface area contributed by atoms with E-state index in [0.29, 0.717) is 26.3 Å². The fourth-order valence-corrected chi connectivity index (χ4v) is 3.35. The van der Waals surface area contributed by atoms with Crippen molar-refractivity contribution in [1.82, 2.24) is 15.1 Å². The molecule has 31 heavy (non-hydrogen) atoms. The summed E-state index contributed by atoms with van der Waals surface area (Å²) in [5, 5.41) is 16.7. The molecule has 2 aromatic carbocycles. The monoisotopic (exact) mass is 421 g/mol. The third kappa shape index (κ3) is 5.08. The first-order chi connectivity index (χ1) is 15.3. The summed E-state index contributed by atoms with van der Waals surface area (Å²) in [4.78, 5) is 0. The number of hydrogen-bond donors (Lipinski definition) is 2. The third-order valence-corrected chi connectivity index (χ3v) is 4.86. The van der Waals surface area contributed by atoms with E-state index in [2.05, 4.69) is 10.4 Å². The highest BCUT2D eigenvalue weighted by atomic mass is 19.1. The molecule has 0 unspecified atom stereocenters. The molecule has 4 aromatic rings. The van der Waals surface area contributed by atoms with Gasteiger partial charge < -0.3 is 19.6 Å². The summed E-state index contributed by atoms with van der Waals surface area (Å²) in [5.74, 6) is 0.481. The predicted molar refractivity (Wildman–Crippen MR) is 116 cm³/mol. The van der Waals surface area contributed by atoms with Crippen molar-refractivity contribution >= 4 is 0 Å². The summed E-state index contributed by atoms with van der Waals surface area (Å²) >= 11 is 0. The number of furan rings is 1. The van der Waals surface area contributed by atoms with E-state index >= 15 is 0 Å². The van der Waals surface area contributed by atoms with E-state index < -0.39 is 0 Å². The zero-order valence-corrected chi connectivity index (χ0v) is 17.0. The first-order valence-corrected chi connectivity index (χ1v) is 10.1. The second-order valence-corrected chi connectivity index (χ2v) is 6.97. The maximum absolute atomic E-state index is 13.2. The zero-order valence-electron chi connectivity index (χ0n) is 17.0. The predicted octanol–water partition coefficient (Wildman–Crippen LogP) is 4.04. The molecule has 0 saturated heterocycles. The van der Waals surface area contributed by atoms with Crippen LogP contribution in [-0.2, 0) is 11.3 Å². The number of rotatable bonds is 10. The first-order valence-electron chi connectivity index (χ1n) is 10.1. The fourth-order valence-electron chi connectivity index (χ4n) is 3.35. The van der Waals surface area contributed by atoms with Crippen molar-refractivity contribution in [3.8, 4) is 28.3 Å². The van der Waals surface area contributed by atoms with Crippen LogP contribution in [0, 0.1) is 5.82 Å². The van der Waals surface area contributed by atoms with Gasteiger partial charge in [-0.1, -0.05) is 24.3 Å². The van der Waals surface area contributed by atoms with Crippen molar-refractivity contribution in [2.45, 2.75) is 6.54 Å². The molecule has 160 valence electrons. The van der Waals surface area contributed by atoms with Gasteiger partial charge in [-0.05, 0) is 47.5 Å². The van der Waals surface area contributed by atoms with Gasteiger partial charge in [0, 0.05) is 18.7 Å². The van der Waals surface area contributed by atoms with E-state index in [-0.39, 0.29) is 12.4 Å². The molecule has 0 aliphatic rings. The first kappa shape index (κ1) is 21.0. The molecular weight excluding hydrogens is 397 g/mol. The number of nitrogens with zero attached hydrogens (tertiary/aromatic N) is 2. The Bertz CT molecular complexity index is 1070. The molecule has 7 heteroatoms. The molecule has 0 radical (unpaired) electrons. The molecular formula is C24H24FN3O3. The number of aromatic nitrogens is 2. The Hall–Kier alpha value is -3.26. The third-order valence-electron chi connectivity index (χ3n) is 4.86. The molecule has 6 nitrogen and oxygen atoms in total. The fraction of sp³-hybridized carbons (Fsp3) is 0.208. The summed E-state index contributed by atoms with van der Waals surface area (Å²) < 4.78 is 26.0. The molecule has 4 rings (SSSR count). The van der Waals surface area contributed by atoms with Crippen LogP contribution < -0.4 is 5.32 Å². The molecule has 2 N–H and O–H groups in total. The lowest BCUT2D eigenvalue weighted by molar-refractivity contribution is 0.0938. The summed E-state index contributed by atoms with van der Waals surface area (Å²) in [6, 6.07) is 18.2. The highest BCUT2D eigenvalue weighted by Gasteiger charge is 2.16. The SMILES string of the molecule is OCCOCCNCc1cnn(-c2ccc(-c3ccc(F)cc3)cc2)c1-c1ccco1. The number of halogens is 1. The van der Waals surface area contributed by atoms with Crippen molar-refractivity contribution < 1.29 is 18.7 Å². The van der Waals surface area contributed by atoms with E-state index in [0.717, 1.165) is 33.8 Å². The lowest BCUT2D eigenvalue weighted by Crippen LogP contribution is -2.20. The second kappa shape index (κ2) is 10.2. The van der Waals surface area contributed by atoms with Gasteiger partial charge in [-0.15, -0.1) is 0 Å². The number of aliphatic hydroxyl groups is 1. The summed E-state index contributed by atoms with van der Waals surface area (Å²) in [5.41, 5.74) is 4.73. The number of nitrogens with one attached hydrogen (secondary N) is 1. The van der Waals surface area contributed by atoms with E-state index in [1.165, 1.54) is 12.1 Å². The molecule has 0 bridgehead atoms. The van der Waals surface area contributed by atoms with Crippen molar-refractivity contribution in [1.29, 1.82) is 0 Å². The van der Waals surface area contributed by atoms with Crippen LogP contribution in [0.4, 0.5) is 4.39 Å². The topological polar surface area (TPSA) is 72.5 Å². The Labute approximate surface area is 179 Å². The van der Waals surface area contributed by atoms with Gasteiger partial charge in [0.25, 0.3) is 0 Å². The van der Waals surface area contributed by atoms with Crippen LogP contribution in [0.15, 0.2) is 77.5 Å². The minimum atomic E-state index is -0.249. The van der Waals surface area contributed by atoms with Gasteiger partial charge in [0.1, 0.15) is 11.5 Å². The molecule has 0 spiro atoms. The van der Waals surface area contributed by atoms with Gasteiger partial charge >= 0.3 is 0 Å². The van der Waals surface area contributed by atoms with Gasteiger partial charge in [-0.25, -0.2) is 9.07 Å². The van der Waals surface area contributed by atoms with Gasteiger partial charge in [-0.3, -0.25) is 0 Å². The smallest absolute Gasteiger partial charge is 0.152 e. The average molecular weight is 421 g/mol. The molecule has 0 atom stereocenters. The van der Waals surface area contributed by atoms with Crippen LogP contribution in [0.2, 0.25) is 0 Å². The average Bonchev–Trinajstić information content (AvgIpc) is 3.47. The Balaban J connectivity index is 1.55. The van der Waals surface area contributed by atoms with Crippen molar-refractivity contribution in [3.63, 3.8) is 0 Å². The maximum atomic E-state index is 13.2. The number of hydrogen-bond acceptors (Lipinski definition) is 5. The van der Waals surface area contributed by atoms with Crippen molar-refractivity contribution in [2.75, 3.05) is 26.4 Å². The van der Waals surface area contributed by atoms with Crippen LogP contribution in [-0.4, -0.2) is 41.3 Å². The quantitative estimate of drug-likeness (QED) is 0.378. The highest BCUT2D eigenvalue weighted by Crippen LogP contribution is 2.28. The van der Waals surface area contributed by atoms with Crippen LogP contribution in [0.5, 0.6) is 0 Å². The maximum Gasteiger partial charge on any atom is 0.152 e. The summed E-state index contributed by atoms with van der Waals surface area (Å²) in [7, 11) is 0. The lowest BCUT2D eigenvalue weighted by atomic mass is 10.1. The largest absolute Gasteiger partial charge is 0.463 e. The van der Waals surface area contributed by atoms with Gasteiger partial charge in [0.15, 0.2) is 5.76 Å². The van der Waals surface area contributed by atoms with E-state index in [1.807, 2.05) is 47.3 Å². The summed E-state index contributed by atoms with van der Waals surface area (Å²) in [6.07, 6.45) is 3.47. The minimum absolute atomic E-state index is 0.0232. The van der Waals surface area contributed by atoms with Crippen molar-refractivity contribution in [2.24, 2.45) is 0 Å². The Morgan fingerprint density at radius 3 is 2.42 bits per heavy atom. The zero-order chi connectivity index (χ0) is 21.5. The van der Waals surface area contributed by atoms with E-state index in [4.69, 9.17) is 14.3 Å². The van der Waals surface area contributed by atoms with Gasteiger partial charge in [-0.2, -0.15) is 5.10 Å². The van der Waals surface area contributed by atoms with Crippen LogP contribution in [0.1, 0.15) is 5.56 Å². The van der Waals surface area contributed by atoms with Gasteiger partial charge in [0.2, 0.25) is 0 Å². The van der Waals surface area contributed by atoms with Crippen LogP contribution >= 0.6 is 0 Å². The number of benzene rings is 2. The standard InChI is InChI=1S/C24H24FN3O3/c25-21-7-3-18(4-8-21)19-5-9-22(10-6-19)28-24(23-2-1-13-31-23)20(17-27-28)16-26-11-14-30-15-12-29/h1-10,13,17,26,29H,11-12,14-16H2. The van der Waals surface area contributed by atoms with E-state index in [1.54, 1.807) is 18.4 Å². The minimum Gasteiger partial charge on any atom is -0.463 e. The van der Waals surface area contributed by atoms with Crippen LogP contribution in [0.3, 0.4) is 0 Å². The lowest BCUT2D eigenvalue weighted by Gasteiger charge is -2.10. The Morgan fingerprint density at radius 2 is 1.74 bits per heavy atom. The van der Waals surface area contributed by atoms with Crippen LogP contribution in [0.25, 0.3) is 28.3 Å². The number of aliphatic hydroxyl groups excluding tert-OH is 1.